The fourth-order valence-electron chi connectivity index (χ4n) is 2.26. The van der Waals surface area contributed by atoms with Crippen LogP contribution in [0.2, 0.25) is 0 Å². The molecule has 0 fully saturated rings. The van der Waals surface area contributed by atoms with E-state index in [1.807, 2.05) is 12.1 Å². The number of hydrogen-bond acceptors (Lipinski definition) is 3. The Hall–Kier alpha value is -2.30. The summed E-state index contributed by atoms with van der Waals surface area (Å²) >= 11 is 0. The third-order valence-electron chi connectivity index (χ3n) is 3.25. The van der Waals surface area contributed by atoms with Gasteiger partial charge < -0.3 is 4.90 Å². The van der Waals surface area contributed by atoms with Crippen LogP contribution in [0.4, 0.5) is 4.39 Å². The fraction of sp³-hybridized carbons (Fsp3) is 0.214. The summed E-state index contributed by atoms with van der Waals surface area (Å²) in [4.78, 5) is 21.8. The molecular formula is C14H12FN3O. The van der Waals surface area contributed by atoms with Crippen molar-refractivity contribution >= 4 is 5.91 Å². The highest BCUT2D eigenvalue weighted by Crippen LogP contribution is 2.19. The van der Waals surface area contributed by atoms with E-state index in [-0.39, 0.29) is 11.5 Å². The monoisotopic (exact) mass is 257 g/mol. The quantitative estimate of drug-likeness (QED) is 0.782. The van der Waals surface area contributed by atoms with E-state index in [2.05, 4.69) is 9.97 Å². The van der Waals surface area contributed by atoms with Crippen LogP contribution in [0.15, 0.2) is 36.8 Å². The van der Waals surface area contributed by atoms with Crippen LogP contribution in [-0.2, 0) is 13.0 Å². The van der Waals surface area contributed by atoms with Crippen molar-refractivity contribution in [3.8, 4) is 0 Å². The van der Waals surface area contributed by atoms with Crippen molar-refractivity contribution in [2.45, 2.75) is 13.0 Å². The number of aromatic nitrogens is 2. The van der Waals surface area contributed by atoms with Crippen molar-refractivity contribution in [1.29, 1.82) is 0 Å². The number of hydrogen-bond donors (Lipinski definition) is 0. The van der Waals surface area contributed by atoms with Crippen molar-refractivity contribution in [3.05, 3.63) is 59.4 Å². The first-order chi connectivity index (χ1) is 9.25. The highest BCUT2D eigenvalue weighted by atomic mass is 19.1. The number of carbonyl (C=O) groups is 1. The summed E-state index contributed by atoms with van der Waals surface area (Å²) in [6, 6.07) is 5.21. The van der Waals surface area contributed by atoms with Crippen molar-refractivity contribution in [2.24, 2.45) is 0 Å². The van der Waals surface area contributed by atoms with Crippen molar-refractivity contribution < 1.29 is 9.18 Å². The molecule has 0 atom stereocenters. The van der Waals surface area contributed by atoms with Crippen LogP contribution >= 0.6 is 0 Å². The minimum atomic E-state index is -0.579. The lowest BCUT2D eigenvalue weighted by molar-refractivity contribution is 0.0728. The van der Waals surface area contributed by atoms with Crippen molar-refractivity contribution in [1.82, 2.24) is 14.9 Å². The number of carbonyl (C=O) groups excluding carboxylic acids is 1. The van der Waals surface area contributed by atoms with E-state index in [1.165, 1.54) is 12.3 Å². The summed E-state index contributed by atoms with van der Waals surface area (Å²) in [6.45, 7) is 1.04. The van der Waals surface area contributed by atoms with E-state index in [1.54, 1.807) is 11.1 Å². The molecule has 0 saturated carbocycles. The molecule has 0 N–H and O–H groups in total. The molecule has 0 radical (unpaired) electrons. The first-order valence-corrected chi connectivity index (χ1v) is 6.07. The zero-order chi connectivity index (χ0) is 13.2. The van der Waals surface area contributed by atoms with Crippen LogP contribution in [0.3, 0.4) is 0 Å². The summed E-state index contributed by atoms with van der Waals surface area (Å²) in [5, 5.41) is 0. The maximum absolute atomic E-state index is 13.6. The molecule has 96 valence electrons. The van der Waals surface area contributed by atoms with Crippen LogP contribution in [0, 0.1) is 5.82 Å². The summed E-state index contributed by atoms with van der Waals surface area (Å²) in [5.41, 5.74) is 2.11. The van der Waals surface area contributed by atoms with Gasteiger partial charge in [-0.15, -0.1) is 0 Å². The Morgan fingerprint density at radius 2 is 2.21 bits per heavy atom. The minimum absolute atomic E-state index is 0.0716. The van der Waals surface area contributed by atoms with Crippen molar-refractivity contribution in [3.63, 3.8) is 0 Å². The van der Waals surface area contributed by atoms with Gasteiger partial charge in [-0.3, -0.25) is 14.8 Å². The van der Waals surface area contributed by atoms with Gasteiger partial charge in [0.15, 0.2) is 5.82 Å². The zero-order valence-electron chi connectivity index (χ0n) is 10.2. The van der Waals surface area contributed by atoms with Gasteiger partial charge >= 0.3 is 0 Å². The maximum atomic E-state index is 13.6. The first kappa shape index (κ1) is 11.8. The summed E-state index contributed by atoms with van der Waals surface area (Å²) in [7, 11) is 0. The Labute approximate surface area is 109 Å². The van der Waals surface area contributed by atoms with E-state index in [4.69, 9.17) is 0 Å². The van der Waals surface area contributed by atoms with E-state index < -0.39 is 5.82 Å². The number of rotatable bonds is 1. The number of halogens is 1. The Kier molecular flexibility index (Phi) is 2.95. The molecule has 3 heterocycles. The molecule has 0 unspecified atom stereocenters. The van der Waals surface area contributed by atoms with Crippen LogP contribution in [-0.4, -0.2) is 27.3 Å². The molecule has 0 aromatic carbocycles. The average Bonchev–Trinajstić information content (AvgIpc) is 2.46. The van der Waals surface area contributed by atoms with Gasteiger partial charge in [0.2, 0.25) is 0 Å². The Balaban J connectivity index is 1.86. The van der Waals surface area contributed by atoms with E-state index in [0.29, 0.717) is 19.5 Å². The Morgan fingerprint density at radius 1 is 1.32 bits per heavy atom. The predicted molar refractivity (Wildman–Crippen MR) is 66.9 cm³/mol. The van der Waals surface area contributed by atoms with Gasteiger partial charge in [-0.25, -0.2) is 4.39 Å². The van der Waals surface area contributed by atoms with Crippen LogP contribution in [0.1, 0.15) is 21.6 Å². The standard InChI is InChI=1S/C14H12FN3O/c15-12-8-16-6-3-11(12)14(19)18-7-4-13-10(9-18)2-1-5-17-13/h1-3,5-6,8H,4,7,9H2. The third kappa shape index (κ3) is 2.19. The van der Waals surface area contributed by atoms with Crippen molar-refractivity contribution in [2.75, 3.05) is 6.54 Å². The molecule has 1 aliphatic heterocycles. The molecule has 1 aliphatic rings. The molecule has 4 nitrogen and oxygen atoms in total. The molecular weight excluding hydrogens is 245 g/mol. The molecule has 2 aromatic heterocycles. The highest BCUT2D eigenvalue weighted by molar-refractivity contribution is 5.94. The summed E-state index contributed by atoms with van der Waals surface area (Å²) in [6.07, 6.45) is 4.94. The normalized spacial score (nSPS) is 14.1. The highest BCUT2D eigenvalue weighted by Gasteiger charge is 2.23. The molecule has 19 heavy (non-hydrogen) atoms. The maximum Gasteiger partial charge on any atom is 0.257 e. The van der Waals surface area contributed by atoms with E-state index >= 15 is 0 Å². The van der Waals surface area contributed by atoms with Crippen LogP contribution < -0.4 is 0 Å². The van der Waals surface area contributed by atoms with Gasteiger partial charge in [0.1, 0.15) is 0 Å². The lowest BCUT2D eigenvalue weighted by Gasteiger charge is -2.28. The second-order valence-corrected chi connectivity index (χ2v) is 4.44. The lowest BCUT2D eigenvalue weighted by atomic mass is 10.0. The molecule has 5 heteroatoms. The van der Waals surface area contributed by atoms with E-state index in [9.17, 15) is 9.18 Å². The molecule has 3 rings (SSSR count). The predicted octanol–water partition coefficient (Wildman–Crippen LogP) is 1.81. The van der Waals surface area contributed by atoms with Gasteiger partial charge in [0.05, 0.1) is 11.8 Å². The first-order valence-electron chi connectivity index (χ1n) is 6.07. The molecule has 0 spiro atoms. The van der Waals surface area contributed by atoms with Gasteiger partial charge in [-0.05, 0) is 17.7 Å². The molecule has 1 amide bonds. The van der Waals surface area contributed by atoms with Gasteiger partial charge in [0.25, 0.3) is 5.91 Å². The lowest BCUT2D eigenvalue weighted by Crippen LogP contribution is -2.36. The topological polar surface area (TPSA) is 46.1 Å². The zero-order valence-corrected chi connectivity index (χ0v) is 10.2. The van der Waals surface area contributed by atoms with E-state index in [0.717, 1.165) is 17.5 Å². The second kappa shape index (κ2) is 4.76. The molecule has 0 aliphatic carbocycles. The Bertz CT molecular complexity index is 630. The average molecular weight is 257 g/mol. The molecule has 2 aromatic rings. The molecule has 0 saturated heterocycles. The van der Waals surface area contributed by atoms with Crippen LogP contribution in [0.5, 0.6) is 0 Å². The summed E-state index contributed by atoms with van der Waals surface area (Å²) < 4.78 is 13.6. The number of pyridine rings is 2. The fourth-order valence-corrected chi connectivity index (χ4v) is 2.26. The number of amides is 1. The van der Waals surface area contributed by atoms with Gasteiger partial charge in [-0.1, -0.05) is 6.07 Å². The third-order valence-corrected chi connectivity index (χ3v) is 3.25. The largest absolute Gasteiger partial charge is 0.334 e. The number of fused-ring (bicyclic) bond motifs is 1. The molecule has 0 bridgehead atoms. The van der Waals surface area contributed by atoms with Gasteiger partial charge in [0, 0.05) is 37.6 Å². The van der Waals surface area contributed by atoms with Gasteiger partial charge in [-0.2, -0.15) is 0 Å². The smallest absolute Gasteiger partial charge is 0.257 e. The van der Waals surface area contributed by atoms with Crippen LogP contribution in [0.25, 0.3) is 0 Å². The summed E-state index contributed by atoms with van der Waals surface area (Å²) in [5.74, 6) is -0.876. The second-order valence-electron chi connectivity index (χ2n) is 4.44. The SMILES string of the molecule is O=C(c1ccncc1F)N1CCc2ncccc2C1. The Morgan fingerprint density at radius 3 is 3.05 bits per heavy atom. The number of nitrogens with zero attached hydrogens (tertiary/aromatic N) is 3. The minimum Gasteiger partial charge on any atom is -0.334 e.